The second-order valence-corrected chi connectivity index (χ2v) is 6.77. The molecule has 0 radical (unpaired) electrons. The van der Waals surface area contributed by atoms with Gasteiger partial charge in [-0.25, -0.2) is 9.78 Å². The molecule has 0 atom stereocenters. The molecule has 0 aliphatic carbocycles. The van der Waals surface area contributed by atoms with Crippen molar-refractivity contribution in [2.24, 2.45) is 0 Å². The Kier molecular flexibility index (Phi) is 6.00. The van der Waals surface area contributed by atoms with Crippen LogP contribution >= 0.6 is 11.8 Å². The molecule has 25 heavy (non-hydrogen) atoms. The smallest absolute Gasteiger partial charge is 0.317 e. The molecule has 6 nitrogen and oxygen atoms in total. The van der Waals surface area contributed by atoms with E-state index in [0.717, 1.165) is 35.9 Å². The Morgan fingerprint density at radius 3 is 2.76 bits per heavy atom. The Balaban J connectivity index is 1.52. The van der Waals surface area contributed by atoms with Gasteiger partial charge in [-0.05, 0) is 17.7 Å². The Bertz CT molecular complexity index is 703. The van der Waals surface area contributed by atoms with Crippen molar-refractivity contribution in [3.05, 3.63) is 48.2 Å². The molecule has 1 aliphatic rings. The van der Waals surface area contributed by atoms with Crippen LogP contribution in [0, 0.1) is 0 Å². The fraction of sp³-hybridized carbons (Fsp3) is 0.333. The molecule has 1 aliphatic heterocycles. The Hall–Kier alpha value is -2.41. The summed E-state index contributed by atoms with van der Waals surface area (Å²) >= 11 is 1.88. The van der Waals surface area contributed by atoms with E-state index in [9.17, 15) is 4.79 Å². The quantitative estimate of drug-likeness (QED) is 0.888. The Labute approximate surface area is 151 Å². The van der Waals surface area contributed by atoms with Crippen molar-refractivity contribution in [1.29, 1.82) is 0 Å². The summed E-state index contributed by atoms with van der Waals surface area (Å²) in [7, 11) is 1.61. The SMILES string of the molecule is COc1cccc(Oc2ccc(CNC(=O)N3CCSCC3)cn2)c1. The van der Waals surface area contributed by atoms with Gasteiger partial charge in [-0.2, -0.15) is 11.8 Å². The zero-order valence-corrected chi connectivity index (χ0v) is 14.9. The summed E-state index contributed by atoms with van der Waals surface area (Å²) in [5, 5.41) is 2.93. The van der Waals surface area contributed by atoms with Crippen molar-refractivity contribution in [2.75, 3.05) is 31.7 Å². The van der Waals surface area contributed by atoms with Crippen LogP contribution in [0.3, 0.4) is 0 Å². The van der Waals surface area contributed by atoms with Gasteiger partial charge in [-0.15, -0.1) is 0 Å². The van der Waals surface area contributed by atoms with Gasteiger partial charge in [0.25, 0.3) is 0 Å². The molecule has 0 spiro atoms. The Morgan fingerprint density at radius 2 is 2.04 bits per heavy atom. The average Bonchev–Trinajstić information content (AvgIpc) is 2.68. The molecule has 1 fully saturated rings. The molecule has 0 saturated carbocycles. The fourth-order valence-corrected chi connectivity index (χ4v) is 3.32. The topological polar surface area (TPSA) is 63.7 Å². The lowest BCUT2D eigenvalue weighted by atomic mass is 10.3. The first kappa shape index (κ1) is 17.4. The van der Waals surface area contributed by atoms with E-state index in [0.29, 0.717) is 18.2 Å². The van der Waals surface area contributed by atoms with E-state index in [1.807, 2.05) is 40.9 Å². The van der Waals surface area contributed by atoms with Crippen molar-refractivity contribution in [3.8, 4) is 17.4 Å². The fourth-order valence-electron chi connectivity index (χ4n) is 2.42. The highest BCUT2D eigenvalue weighted by atomic mass is 32.2. The van der Waals surface area contributed by atoms with Gasteiger partial charge in [-0.1, -0.05) is 12.1 Å². The number of hydrogen-bond acceptors (Lipinski definition) is 5. The minimum absolute atomic E-state index is 0.0167. The number of rotatable bonds is 5. The van der Waals surface area contributed by atoms with Crippen LogP contribution in [0.25, 0.3) is 0 Å². The van der Waals surface area contributed by atoms with E-state index >= 15 is 0 Å². The number of nitrogens with zero attached hydrogens (tertiary/aromatic N) is 2. The van der Waals surface area contributed by atoms with E-state index in [2.05, 4.69) is 10.3 Å². The first-order valence-corrected chi connectivity index (χ1v) is 9.27. The number of carbonyl (C=O) groups is 1. The number of carbonyl (C=O) groups excluding carboxylic acids is 1. The van der Waals surface area contributed by atoms with Crippen LogP contribution in [0.15, 0.2) is 42.6 Å². The number of amides is 2. The lowest BCUT2D eigenvalue weighted by Gasteiger charge is -2.26. The predicted octanol–water partition coefficient (Wildman–Crippen LogP) is 3.14. The highest BCUT2D eigenvalue weighted by Gasteiger charge is 2.16. The van der Waals surface area contributed by atoms with Crippen LogP contribution in [-0.4, -0.2) is 47.6 Å². The summed E-state index contributed by atoms with van der Waals surface area (Å²) in [5.74, 6) is 3.90. The average molecular weight is 359 g/mol. The molecule has 132 valence electrons. The molecular weight excluding hydrogens is 338 g/mol. The second-order valence-electron chi connectivity index (χ2n) is 5.54. The van der Waals surface area contributed by atoms with Crippen molar-refractivity contribution in [2.45, 2.75) is 6.54 Å². The lowest BCUT2D eigenvalue weighted by molar-refractivity contribution is 0.202. The summed E-state index contributed by atoms with van der Waals surface area (Å²) in [6.45, 7) is 2.07. The first-order valence-electron chi connectivity index (χ1n) is 8.12. The van der Waals surface area contributed by atoms with Gasteiger partial charge in [0.1, 0.15) is 11.5 Å². The van der Waals surface area contributed by atoms with Crippen LogP contribution < -0.4 is 14.8 Å². The monoisotopic (exact) mass is 359 g/mol. The van der Waals surface area contributed by atoms with E-state index in [1.165, 1.54) is 0 Å². The number of hydrogen-bond donors (Lipinski definition) is 1. The zero-order chi connectivity index (χ0) is 17.5. The zero-order valence-electron chi connectivity index (χ0n) is 14.1. The molecule has 2 amide bonds. The maximum Gasteiger partial charge on any atom is 0.317 e. The summed E-state index contributed by atoms with van der Waals surface area (Å²) in [4.78, 5) is 18.2. The molecule has 0 bridgehead atoms. The van der Waals surface area contributed by atoms with E-state index < -0.39 is 0 Å². The van der Waals surface area contributed by atoms with Gasteiger partial charge in [0.15, 0.2) is 0 Å². The summed E-state index contributed by atoms with van der Waals surface area (Å²) < 4.78 is 10.9. The minimum atomic E-state index is -0.0167. The third kappa shape index (κ3) is 5.03. The lowest BCUT2D eigenvalue weighted by Crippen LogP contribution is -2.44. The predicted molar refractivity (Wildman–Crippen MR) is 98.4 cm³/mol. The second kappa shape index (κ2) is 8.62. The van der Waals surface area contributed by atoms with Crippen LogP contribution in [-0.2, 0) is 6.54 Å². The third-order valence-corrected chi connectivity index (χ3v) is 4.75. The van der Waals surface area contributed by atoms with Crippen LogP contribution in [0.1, 0.15) is 5.56 Å². The third-order valence-electron chi connectivity index (χ3n) is 3.80. The van der Waals surface area contributed by atoms with Crippen LogP contribution in [0.4, 0.5) is 4.79 Å². The standard InChI is InChI=1S/C18H21N3O3S/c1-23-15-3-2-4-16(11-15)24-17-6-5-14(12-19-17)13-20-18(22)21-7-9-25-10-8-21/h2-6,11-12H,7-10,13H2,1H3,(H,20,22). The van der Waals surface area contributed by atoms with Gasteiger partial charge in [0.2, 0.25) is 5.88 Å². The van der Waals surface area contributed by atoms with E-state index in [4.69, 9.17) is 9.47 Å². The normalized spacial score (nSPS) is 14.0. The summed E-state index contributed by atoms with van der Waals surface area (Å²) in [6.07, 6.45) is 1.71. The number of pyridine rings is 1. The molecule has 1 aromatic heterocycles. The van der Waals surface area contributed by atoms with Crippen molar-refractivity contribution in [1.82, 2.24) is 15.2 Å². The number of urea groups is 1. The molecule has 2 aromatic rings. The van der Waals surface area contributed by atoms with Gasteiger partial charge in [-0.3, -0.25) is 0 Å². The number of nitrogens with one attached hydrogen (secondary N) is 1. The van der Waals surface area contributed by atoms with E-state index in [-0.39, 0.29) is 6.03 Å². The molecule has 3 rings (SSSR count). The molecule has 7 heteroatoms. The van der Waals surface area contributed by atoms with Gasteiger partial charge in [0, 0.05) is 49.5 Å². The van der Waals surface area contributed by atoms with E-state index in [1.54, 1.807) is 25.4 Å². The maximum absolute atomic E-state index is 12.1. The number of benzene rings is 1. The number of aromatic nitrogens is 1. The number of methoxy groups -OCH3 is 1. The number of ether oxygens (including phenoxy) is 2. The first-order chi connectivity index (χ1) is 12.2. The molecule has 1 aromatic carbocycles. The van der Waals surface area contributed by atoms with Gasteiger partial charge in [0.05, 0.1) is 7.11 Å². The minimum Gasteiger partial charge on any atom is -0.497 e. The highest BCUT2D eigenvalue weighted by molar-refractivity contribution is 7.99. The molecule has 1 saturated heterocycles. The molecule has 1 N–H and O–H groups in total. The van der Waals surface area contributed by atoms with Gasteiger partial charge >= 0.3 is 6.03 Å². The van der Waals surface area contributed by atoms with Crippen LogP contribution in [0.2, 0.25) is 0 Å². The van der Waals surface area contributed by atoms with Gasteiger partial charge < -0.3 is 19.7 Å². The largest absolute Gasteiger partial charge is 0.497 e. The van der Waals surface area contributed by atoms with Crippen molar-refractivity contribution in [3.63, 3.8) is 0 Å². The molecule has 2 heterocycles. The van der Waals surface area contributed by atoms with Crippen LogP contribution in [0.5, 0.6) is 17.4 Å². The number of thioether (sulfide) groups is 1. The maximum atomic E-state index is 12.1. The highest BCUT2D eigenvalue weighted by Crippen LogP contribution is 2.23. The molecular formula is C18H21N3O3S. The Morgan fingerprint density at radius 1 is 1.24 bits per heavy atom. The summed E-state index contributed by atoms with van der Waals surface area (Å²) in [6, 6.07) is 11.0. The van der Waals surface area contributed by atoms with Crippen molar-refractivity contribution >= 4 is 17.8 Å². The molecule has 0 unspecified atom stereocenters. The summed E-state index contributed by atoms with van der Waals surface area (Å²) in [5.41, 5.74) is 0.928. The van der Waals surface area contributed by atoms with Crippen molar-refractivity contribution < 1.29 is 14.3 Å².